The highest BCUT2D eigenvalue weighted by molar-refractivity contribution is 6.11. The Balaban J connectivity index is 1.15. The van der Waals surface area contributed by atoms with E-state index < -0.39 is 0 Å². The third kappa shape index (κ3) is 3.41. The van der Waals surface area contributed by atoms with Gasteiger partial charge in [0.05, 0.1) is 23.6 Å². The summed E-state index contributed by atoms with van der Waals surface area (Å²) in [5, 5.41) is 4.83. The summed E-state index contributed by atoms with van der Waals surface area (Å²) in [6.45, 7) is 0. The molecule has 1 aliphatic rings. The predicted octanol–water partition coefficient (Wildman–Crippen LogP) is 11.9. The lowest BCUT2D eigenvalue weighted by molar-refractivity contribution is 0.641. The Morgan fingerprint density at radius 2 is 1.13 bits per heavy atom. The first-order chi connectivity index (χ1) is 22.7. The van der Waals surface area contributed by atoms with Gasteiger partial charge >= 0.3 is 0 Å². The Labute approximate surface area is 266 Å². The Morgan fingerprint density at radius 1 is 0.457 bits per heavy atom. The summed E-state index contributed by atoms with van der Waals surface area (Å²) in [5.74, 6) is 0. The molecule has 0 N–H and O–H groups in total. The molecule has 1 aliphatic heterocycles. The van der Waals surface area contributed by atoms with Gasteiger partial charge in [-0.25, -0.2) is 4.48 Å². The number of hydrogen-bond donors (Lipinski definition) is 0. The van der Waals surface area contributed by atoms with Gasteiger partial charge in [0.1, 0.15) is 16.9 Å². The van der Waals surface area contributed by atoms with E-state index in [1.165, 1.54) is 66.8 Å². The minimum Gasteiger partial charge on any atom is -0.456 e. The zero-order valence-electron chi connectivity index (χ0n) is 25.3. The summed E-state index contributed by atoms with van der Waals surface area (Å²) in [5.41, 5.74) is 14.2. The van der Waals surface area contributed by atoms with E-state index >= 15 is 0 Å². The van der Waals surface area contributed by atoms with E-state index in [-0.39, 0.29) is 0 Å². The molecule has 3 heteroatoms. The Bertz CT molecular complexity index is 2660. The monoisotopic (exact) mass is 589 g/mol. The first kappa shape index (κ1) is 25.4. The van der Waals surface area contributed by atoms with Gasteiger partial charge in [-0.15, -0.1) is 0 Å². The lowest BCUT2D eigenvalue weighted by Gasteiger charge is -2.30. The van der Waals surface area contributed by atoms with Crippen molar-refractivity contribution in [3.63, 3.8) is 0 Å². The van der Waals surface area contributed by atoms with Gasteiger partial charge in [0.25, 0.3) is 0 Å². The molecule has 0 fully saturated rings. The van der Waals surface area contributed by atoms with Gasteiger partial charge in [0, 0.05) is 57.1 Å². The minimum absolute atomic E-state index is 0.602. The molecule has 3 heterocycles. The molecule has 0 saturated carbocycles. The molecular weight excluding hydrogens is 560 g/mol. The molecule has 10 rings (SSSR count). The second-order valence-electron chi connectivity index (χ2n) is 12.5. The third-order valence-corrected chi connectivity index (χ3v) is 10.1. The second-order valence-corrected chi connectivity index (χ2v) is 12.5. The molecular formula is C43H29N2O+. The topological polar surface area (TPSA) is 18.1 Å². The fourth-order valence-corrected chi connectivity index (χ4v) is 7.82. The molecule has 7 aromatic carbocycles. The van der Waals surface area contributed by atoms with Crippen molar-refractivity contribution in [2.45, 2.75) is 0 Å². The van der Waals surface area contributed by atoms with Crippen molar-refractivity contribution in [1.29, 1.82) is 0 Å². The molecule has 216 valence electrons. The average Bonchev–Trinajstić information content (AvgIpc) is 3.74. The van der Waals surface area contributed by atoms with Crippen LogP contribution in [-0.4, -0.2) is 11.6 Å². The first-order valence-corrected chi connectivity index (χ1v) is 15.8. The Morgan fingerprint density at radius 3 is 2.04 bits per heavy atom. The molecule has 3 nitrogen and oxygen atoms in total. The number of aromatic nitrogens is 1. The quantitative estimate of drug-likeness (QED) is 0.188. The van der Waals surface area contributed by atoms with Crippen LogP contribution in [-0.2, 0) is 0 Å². The summed E-state index contributed by atoms with van der Waals surface area (Å²) in [6.07, 6.45) is 0. The number of fused-ring (bicyclic) bond motifs is 9. The van der Waals surface area contributed by atoms with Gasteiger partial charge in [-0.1, -0.05) is 72.8 Å². The molecule has 0 aliphatic carbocycles. The molecule has 1 unspecified atom stereocenters. The Kier molecular flexibility index (Phi) is 5.14. The summed E-state index contributed by atoms with van der Waals surface area (Å²) in [4.78, 5) is 0. The fourth-order valence-electron chi connectivity index (χ4n) is 7.82. The molecule has 9 aromatic rings. The molecule has 0 saturated heterocycles. The summed E-state index contributed by atoms with van der Waals surface area (Å²) >= 11 is 0. The normalized spacial score (nSPS) is 15.6. The number of para-hydroxylation sites is 4. The van der Waals surface area contributed by atoms with E-state index in [9.17, 15) is 0 Å². The van der Waals surface area contributed by atoms with E-state index in [0.29, 0.717) is 4.48 Å². The number of quaternary nitrogens is 1. The number of hydrogen-bond acceptors (Lipinski definition) is 1. The van der Waals surface area contributed by atoms with E-state index in [1.54, 1.807) is 0 Å². The van der Waals surface area contributed by atoms with Crippen LogP contribution in [0.3, 0.4) is 0 Å². The van der Waals surface area contributed by atoms with Gasteiger partial charge in [-0.2, -0.15) is 0 Å². The SMILES string of the molecule is C[N+]1(c2ccc3oc4ccccc4c3c2)c2ccccc2-c2cc(-c3ccc4c(c3)c3ccccc3n4-c3ccccc3)ccc21. The van der Waals surface area contributed by atoms with Crippen molar-refractivity contribution in [2.75, 3.05) is 7.05 Å². The van der Waals surface area contributed by atoms with E-state index in [0.717, 1.165) is 21.9 Å². The number of rotatable bonds is 3. The molecule has 0 bridgehead atoms. The van der Waals surface area contributed by atoms with Crippen LogP contribution in [0.15, 0.2) is 162 Å². The third-order valence-electron chi connectivity index (χ3n) is 10.1. The predicted molar refractivity (Wildman–Crippen MR) is 192 cm³/mol. The lowest BCUT2D eigenvalue weighted by Crippen LogP contribution is -2.31. The van der Waals surface area contributed by atoms with Crippen LogP contribution in [0.5, 0.6) is 0 Å². The maximum Gasteiger partial charge on any atom is 0.151 e. The highest BCUT2D eigenvalue weighted by Crippen LogP contribution is 2.57. The van der Waals surface area contributed by atoms with Gasteiger partial charge in [0.2, 0.25) is 0 Å². The Hall–Kier alpha value is -5.90. The van der Waals surface area contributed by atoms with Crippen molar-refractivity contribution in [3.05, 3.63) is 158 Å². The van der Waals surface area contributed by atoms with Crippen molar-refractivity contribution < 1.29 is 4.42 Å². The van der Waals surface area contributed by atoms with Crippen LogP contribution < -0.4 is 4.48 Å². The summed E-state index contributed by atoms with van der Waals surface area (Å²) in [6, 6.07) is 57.1. The average molecular weight is 590 g/mol. The minimum atomic E-state index is 0.602. The molecule has 0 amide bonds. The van der Waals surface area contributed by atoms with Gasteiger partial charge in [0.15, 0.2) is 11.4 Å². The summed E-state index contributed by atoms with van der Waals surface area (Å²) < 4.78 is 9.16. The zero-order valence-corrected chi connectivity index (χ0v) is 25.3. The summed E-state index contributed by atoms with van der Waals surface area (Å²) in [7, 11) is 2.32. The molecule has 0 spiro atoms. The maximum atomic E-state index is 6.18. The van der Waals surface area contributed by atoms with Crippen molar-refractivity contribution in [2.24, 2.45) is 0 Å². The maximum absolute atomic E-state index is 6.18. The standard InChI is InChI=1S/C43H29N2O/c1-45(31-21-24-43-37(27-31)34-15-7-10-18-42(34)46-43)40-17-9-6-14-33(40)36-26-29(20-23-41(36)45)28-19-22-39-35(25-28)32-13-5-8-16-38(32)44(39)30-11-3-2-4-12-30/h2-27H,1H3/q+1. The first-order valence-electron chi connectivity index (χ1n) is 15.8. The number of furan rings is 1. The van der Waals surface area contributed by atoms with Crippen LogP contribution >= 0.6 is 0 Å². The van der Waals surface area contributed by atoms with Crippen LogP contribution in [0.4, 0.5) is 17.1 Å². The van der Waals surface area contributed by atoms with E-state index in [4.69, 9.17) is 4.42 Å². The number of nitrogens with zero attached hydrogens (tertiary/aromatic N) is 2. The highest BCUT2D eigenvalue weighted by Gasteiger charge is 2.42. The molecule has 46 heavy (non-hydrogen) atoms. The van der Waals surface area contributed by atoms with Crippen molar-refractivity contribution >= 4 is 60.8 Å². The lowest BCUT2D eigenvalue weighted by atomic mass is 9.98. The number of benzene rings is 7. The van der Waals surface area contributed by atoms with Gasteiger partial charge in [-0.3, -0.25) is 0 Å². The molecule has 2 aromatic heterocycles. The molecule has 0 radical (unpaired) electrons. The van der Waals surface area contributed by atoms with Crippen LogP contribution in [0.25, 0.3) is 71.7 Å². The van der Waals surface area contributed by atoms with E-state index in [1.807, 2.05) is 12.1 Å². The molecule has 1 atom stereocenters. The zero-order chi connectivity index (χ0) is 30.4. The van der Waals surface area contributed by atoms with E-state index in [2.05, 4.69) is 157 Å². The van der Waals surface area contributed by atoms with Crippen LogP contribution in [0, 0.1) is 0 Å². The second kappa shape index (κ2) is 9.31. The van der Waals surface area contributed by atoms with Crippen molar-refractivity contribution in [1.82, 2.24) is 9.05 Å². The smallest absolute Gasteiger partial charge is 0.151 e. The fraction of sp³-hybridized carbons (Fsp3) is 0.0233. The van der Waals surface area contributed by atoms with Gasteiger partial charge < -0.3 is 8.98 Å². The largest absolute Gasteiger partial charge is 0.456 e. The highest BCUT2D eigenvalue weighted by atomic mass is 16.3. The van der Waals surface area contributed by atoms with Crippen LogP contribution in [0.1, 0.15) is 0 Å². The van der Waals surface area contributed by atoms with Crippen molar-refractivity contribution in [3.8, 4) is 27.9 Å². The van der Waals surface area contributed by atoms with Gasteiger partial charge in [-0.05, 0) is 71.8 Å². The van der Waals surface area contributed by atoms with Crippen LogP contribution in [0.2, 0.25) is 0 Å².